The molecule has 0 aromatic heterocycles. The van der Waals surface area contributed by atoms with E-state index in [1.165, 1.54) is 115 Å². The number of halogens is 1. The number of rotatable bonds is 11. The van der Waals surface area contributed by atoms with Crippen LogP contribution in [0.5, 0.6) is 0 Å². The van der Waals surface area contributed by atoms with Crippen LogP contribution in [0.4, 0.5) is 0 Å². The molecule has 3 rings (SSSR count). The van der Waals surface area contributed by atoms with Crippen LogP contribution in [0.25, 0.3) is 0 Å². The minimum absolute atomic E-state index is 0.587. The first-order chi connectivity index (χ1) is 16.2. The number of hydrogen-bond donors (Lipinski definition) is 0. The van der Waals surface area contributed by atoms with E-state index in [-0.39, 0.29) is 0 Å². The molecule has 0 atom stereocenters. The molecule has 2 aliphatic rings. The molecule has 0 unspecified atom stereocenters. The number of benzene rings is 1. The van der Waals surface area contributed by atoms with Crippen molar-refractivity contribution < 1.29 is 0 Å². The molecular weight excluding hydrogens is 420 g/mol. The van der Waals surface area contributed by atoms with E-state index in [1.54, 1.807) is 0 Å². The number of aryl methyl sites for hydroxylation is 1. The first-order valence-corrected chi connectivity index (χ1v) is 14.9. The summed E-state index contributed by atoms with van der Waals surface area (Å²) in [6.07, 6.45) is 25.0. The fourth-order valence-electron chi connectivity index (χ4n) is 6.30. The van der Waals surface area contributed by atoms with E-state index >= 15 is 0 Å². The molecule has 2 saturated carbocycles. The van der Waals surface area contributed by atoms with Crippen LogP contribution in [-0.2, 0) is 6.42 Å². The molecule has 2 fully saturated rings. The van der Waals surface area contributed by atoms with E-state index in [0.717, 1.165) is 34.8 Å². The molecule has 33 heavy (non-hydrogen) atoms. The SMILES string of the molecule is CCCCCCC[C@H]1CC[C@H](C2CCC(C#Cc3ccc(CCCCC)c(Cl)c3)CC2)CC1. The van der Waals surface area contributed by atoms with Gasteiger partial charge < -0.3 is 0 Å². The lowest BCUT2D eigenvalue weighted by atomic mass is 9.69. The summed E-state index contributed by atoms with van der Waals surface area (Å²) in [6.45, 7) is 4.56. The molecule has 0 radical (unpaired) electrons. The minimum Gasteiger partial charge on any atom is -0.0945 e. The van der Waals surface area contributed by atoms with Crippen molar-refractivity contribution in [2.75, 3.05) is 0 Å². The second-order valence-electron chi connectivity index (χ2n) is 11.1. The molecule has 0 bridgehead atoms. The van der Waals surface area contributed by atoms with E-state index in [9.17, 15) is 0 Å². The highest BCUT2D eigenvalue weighted by atomic mass is 35.5. The Morgan fingerprint density at radius 1 is 0.758 bits per heavy atom. The van der Waals surface area contributed by atoms with Gasteiger partial charge in [0.05, 0.1) is 0 Å². The molecule has 0 amide bonds. The van der Waals surface area contributed by atoms with Crippen molar-refractivity contribution in [3.8, 4) is 11.8 Å². The van der Waals surface area contributed by atoms with Crippen molar-refractivity contribution in [2.45, 2.75) is 129 Å². The van der Waals surface area contributed by atoms with Crippen LogP contribution in [0.3, 0.4) is 0 Å². The Morgan fingerprint density at radius 2 is 1.39 bits per heavy atom. The van der Waals surface area contributed by atoms with Gasteiger partial charge in [0.2, 0.25) is 0 Å². The van der Waals surface area contributed by atoms with Crippen molar-refractivity contribution in [1.82, 2.24) is 0 Å². The van der Waals surface area contributed by atoms with Gasteiger partial charge >= 0.3 is 0 Å². The third-order valence-corrected chi connectivity index (χ3v) is 8.92. The third kappa shape index (κ3) is 9.32. The fourth-order valence-corrected chi connectivity index (χ4v) is 6.57. The predicted molar refractivity (Wildman–Crippen MR) is 146 cm³/mol. The summed E-state index contributed by atoms with van der Waals surface area (Å²) in [4.78, 5) is 0. The standard InChI is InChI=1S/C32H49Cl/c1-3-5-7-8-10-11-26-15-20-29(21-16-26)30-22-17-27(18-23-30)13-14-28-19-24-31(32(33)25-28)12-9-6-4-2/h19,24-27,29-30H,3-12,15-18,20-23H2,1-2H3/t26-,27?,29-,30?. The third-order valence-electron chi connectivity index (χ3n) is 8.57. The van der Waals surface area contributed by atoms with Crippen molar-refractivity contribution >= 4 is 11.6 Å². The normalized spacial score (nSPS) is 25.4. The van der Waals surface area contributed by atoms with Crippen LogP contribution in [0.15, 0.2) is 18.2 Å². The smallest absolute Gasteiger partial charge is 0.0450 e. The molecule has 0 heterocycles. The maximum absolute atomic E-state index is 6.53. The molecule has 0 nitrogen and oxygen atoms in total. The summed E-state index contributed by atoms with van der Waals surface area (Å²) in [5, 5.41) is 0.901. The zero-order chi connectivity index (χ0) is 23.3. The molecule has 1 aromatic rings. The van der Waals surface area contributed by atoms with Crippen LogP contribution in [0, 0.1) is 35.5 Å². The van der Waals surface area contributed by atoms with E-state index in [0.29, 0.717) is 5.92 Å². The second-order valence-corrected chi connectivity index (χ2v) is 11.5. The molecule has 184 valence electrons. The van der Waals surface area contributed by atoms with Crippen LogP contribution in [0.2, 0.25) is 5.02 Å². The summed E-state index contributed by atoms with van der Waals surface area (Å²) >= 11 is 6.53. The molecule has 0 aliphatic heterocycles. The van der Waals surface area contributed by atoms with Crippen molar-refractivity contribution in [2.24, 2.45) is 23.7 Å². The summed E-state index contributed by atoms with van der Waals surface area (Å²) in [7, 11) is 0. The number of unbranched alkanes of at least 4 members (excludes halogenated alkanes) is 6. The minimum atomic E-state index is 0.587. The largest absolute Gasteiger partial charge is 0.0945 e. The maximum Gasteiger partial charge on any atom is 0.0450 e. The lowest BCUT2D eigenvalue weighted by Gasteiger charge is -2.37. The van der Waals surface area contributed by atoms with Gasteiger partial charge in [-0.3, -0.25) is 0 Å². The average molecular weight is 469 g/mol. The lowest BCUT2D eigenvalue weighted by Crippen LogP contribution is -2.25. The van der Waals surface area contributed by atoms with Crippen LogP contribution >= 0.6 is 11.6 Å². The highest BCUT2D eigenvalue weighted by Crippen LogP contribution is 2.42. The maximum atomic E-state index is 6.53. The van der Waals surface area contributed by atoms with E-state index in [1.807, 2.05) is 0 Å². The van der Waals surface area contributed by atoms with Crippen LogP contribution < -0.4 is 0 Å². The number of hydrogen-bond acceptors (Lipinski definition) is 0. The van der Waals surface area contributed by atoms with E-state index in [2.05, 4.69) is 43.9 Å². The van der Waals surface area contributed by atoms with Gasteiger partial charge in [-0.05, 0) is 86.8 Å². The van der Waals surface area contributed by atoms with Gasteiger partial charge in [-0.25, -0.2) is 0 Å². The molecule has 0 N–H and O–H groups in total. The van der Waals surface area contributed by atoms with E-state index < -0.39 is 0 Å². The Balaban J connectivity index is 1.35. The zero-order valence-electron chi connectivity index (χ0n) is 21.6. The molecule has 1 aromatic carbocycles. The Bertz CT molecular complexity index is 723. The summed E-state index contributed by atoms with van der Waals surface area (Å²) in [5.74, 6) is 10.7. The van der Waals surface area contributed by atoms with Gasteiger partial charge in [0.15, 0.2) is 0 Å². The first-order valence-electron chi connectivity index (χ1n) is 14.5. The lowest BCUT2D eigenvalue weighted by molar-refractivity contribution is 0.153. The van der Waals surface area contributed by atoms with Crippen LogP contribution in [-0.4, -0.2) is 0 Å². The second kappa shape index (κ2) is 15.1. The van der Waals surface area contributed by atoms with Gasteiger partial charge in [0.25, 0.3) is 0 Å². The van der Waals surface area contributed by atoms with Gasteiger partial charge in [0, 0.05) is 16.5 Å². The van der Waals surface area contributed by atoms with Gasteiger partial charge in [-0.1, -0.05) is 108 Å². The van der Waals surface area contributed by atoms with Crippen molar-refractivity contribution in [3.05, 3.63) is 34.3 Å². The van der Waals surface area contributed by atoms with Crippen molar-refractivity contribution in [3.63, 3.8) is 0 Å². The molecule has 0 saturated heterocycles. The fraction of sp³-hybridized carbons (Fsp3) is 0.750. The quantitative estimate of drug-likeness (QED) is 0.223. The zero-order valence-corrected chi connectivity index (χ0v) is 22.4. The first kappa shape index (κ1) is 26.7. The molecule has 1 heteroatoms. The highest BCUT2D eigenvalue weighted by Gasteiger charge is 2.30. The summed E-state index contributed by atoms with van der Waals surface area (Å²) in [5.41, 5.74) is 2.37. The Hall–Kier alpha value is -0.930. The van der Waals surface area contributed by atoms with Crippen LogP contribution in [0.1, 0.15) is 134 Å². The summed E-state index contributed by atoms with van der Waals surface area (Å²) in [6, 6.07) is 6.46. The Morgan fingerprint density at radius 3 is 2.06 bits per heavy atom. The molecular formula is C32H49Cl. The summed E-state index contributed by atoms with van der Waals surface area (Å²) < 4.78 is 0. The van der Waals surface area contributed by atoms with Gasteiger partial charge in [-0.15, -0.1) is 0 Å². The monoisotopic (exact) mass is 468 g/mol. The van der Waals surface area contributed by atoms with E-state index in [4.69, 9.17) is 11.6 Å². The Labute approximate surface area is 210 Å². The van der Waals surface area contributed by atoms with Gasteiger partial charge in [0.1, 0.15) is 0 Å². The molecule has 0 spiro atoms. The topological polar surface area (TPSA) is 0 Å². The highest BCUT2D eigenvalue weighted by molar-refractivity contribution is 6.31. The average Bonchev–Trinajstić information content (AvgIpc) is 2.85. The van der Waals surface area contributed by atoms with Crippen molar-refractivity contribution in [1.29, 1.82) is 0 Å². The van der Waals surface area contributed by atoms with Gasteiger partial charge in [-0.2, -0.15) is 0 Å². The Kier molecular flexibility index (Phi) is 12.2. The predicted octanol–water partition coefficient (Wildman–Crippen LogP) is 10.4. The molecule has 2 aliphatic carbocycles.